The molecular formula is C15H21NO3. The van der Waals surface area contributed by atoms with Crippen molar-refractivity contribution < 1.29 is 14.6 Å². The summed E-state index contributed by atoms with van der Waals surface area (Å²) in [7, 11) is 1.65. The van der Waals surface area contributed by atoms with Gasteiger partial charge >= 0.3 is 0 Å². The van der Waals surface area contributed by atoms with E-state index in [0.29, 0.717) is 32.1 Å². The van der Waals surface area contributed by atoms with Crippen LogP contribution < -0.4 is 4.74 Å². The molecule has 0 atom stereocenters. The first-order chi connectivity index (χ1) is 8.95. The first kappa shape index (κ1) is 14.0. The summed E-state index contributed by atoms with van der Waals surface area (Å²) >= 11 is 0. The summed E-state index contributed by atoms with van der Waals surface area (Å²) in [4.78, 5) is 15.7. The van der Waals surface area contributed by atoms with Crippen LogP contribution in [0.5, 0.6) is 5.75 Å². The molecular weight excluding hydrogens is 242 g/mol. The molecule has 1 fully saturated rings. The number of carbonyl (C=O) groups is 1. The molecule has 4 heteroatoms. The Morgan fingerprint density at radius 3 is 2.58 bits per heavy atom. The van der Waals surface area contributed by atoms with Gasteiger partial charge in [0.2, 0.25) is 0 Å². The Morgan fingerprint density at radius 2 is 2.00 bits per heavy atom. The van der Waals surface area contributed by atoms with E-state index in [0.717, 1.165) is 22.6 Å². The molecule has 1 aromatic rings. The number of ketones is 1. The number of nitrogens with zero attached hydrogens (tertiary/aromatic N) is 1. The van der Waals surface area contributed by atoms with E-state index in [9.17, 15) is 9.90 Å². The molecule has 1 aliphatic carbocycles. The third kappa shape index (κ3) is 2.95. The lowest BCUT2D eigenvalue weighted by Gasteiger charge is -2.31. The van der Waals surface area contributed by atoms with E-state index >= 15 is 0 Å². The number of hydrogen-bond donors (Lipinski definition) is 1. The van der Waals surface area contributed by atoms with Gasteiger partial charge in [0.25, 0.3) is 0 Å². The predicted molar refractivity (Wildman–Crippen MR) is 72.4 cm³/mol. The van der Waals surface area contributed by atoms with Gasteiger partial charge in [-0.25, -0.2) is 0 Å². The highest BCUT2D eigenvalue weighted by atomic mass is 16.5. The van der Waals surface area contributed by atoms with Crippen LogP contribution in [0.25, 0.3) is 0 Å². The summed E-state index contributed by atoms with van der Waals surface area (Å²) < 4.78 is 5.38. The van der Waals surface area contributed by atoms with Gasteiger partial charge in [-0.2, -0.15) is 0 Å². The number of methoxy groups -OCH3 is 1. The summed E-state index contributed by atoms with van der Waals surface area (Å²) in [6.45, 7) is 3.92. The van der Waals surface area contributed by atoms with E-state index in [1.807, 2.05) is 13.8 Å². The molecule has 0 spiro atoms. The second-order valence-electron chi connectivity index (χ2n) is 5.49. The molecule has 1 heterocycles. The van der Waals surface area contributed by atoms with Crippen molar-refractivity contribution in [3.05, 3.63) is 23.0 Å². The Bertz CT molecular complexity index is 486. The van der Waals surface area contributed by atoms with Crippen LogP contribution in [0.15, 0.2) is 6.20 Å². The Morgan fingerprint density at radius 1 is 1.37 bits per heavy atom. The Hall–Kier alpha value is -1.42. The van der Waals surface area contributed by atoms with Crippen LogP contribution in [-0.2, 0) is 11.2 Å². The number of rotatable bonds is 3. The van der Waals surface area contributed by atoms with Gasteiger partial charge in [0.15, 0.2) is 0 Å². The number of aryl methyl sites for hydroxylation is 1. The summed E-state index contributed by atoms with van der Waals surface area (Å²) in [6, 6.07) is 0. The molecule has 4 nitrogen and oxygen atoms in total. The van der Waals surface area contributed by atoms with Crippen molar-refractivity contribution in [2.75, 3.05) is 7.11 Å². The number of pyridine rings is 1. The van der Waals surface area contributed by atoms with E-state index in [-0.39, 0.29) is 5.78 Å². The molecule has 0 aliphatic heterocycles. The lowest BCUT2D eigenvalue weighted by molar-refractivity contribution is -0.125. The monoisotopic (exact) mass is 263 g/mol. The molecule has 0 saturated heterocycles. The van der Waals surface area contributed by atoms with Crippen molar-refractivity contribution in [3.8, 4) is 5.75 Å². The summed E-state index contributed by atoms with van der Waals surface area (Å²) in [5, 5.41) is 10.6. The zero-order valence-corrected chi connectivity index (χ0v) is 11.8. The molecule has 1 aliphatic rings. The second-order valence-corrected chi connectivity index (χ2v) is 5.49. The van der Waals surface area contributed by atoms with Gasteiger partial charge in [0.05, 0.1) is 12.7 Å². The van der Waals surface area contributed by atoms with Crippen molar-refractivity contribution in [3.63, 3.8) is 0 Å². The van der Waals surface area contributed by atoms with Gasteiger partial charge < -0.3 is 9.84 Å². The highest BCUT2D eigenvalue weighted by Gasteiger charge is 2.33. The van der Waals surface area contributed by atoms with Gasteiger partial charge in [-0.05, 0) is 26.7 Å². The van der Waals surface area contributed by atoms with Crippen LogP contribution in [0.3, 0.4) is 0 Å². The van der Waals surface area contributed by atoms with Crippen LogP contribution in [0.4, 0.5) is 0 Å². The number of aromatic nitrogens is 1. The van der Waals surface area contributed by atoms with Crippen LogP contribution in [-0.4, -0.2) is 28.6 Å². The van der Waals surface area contributed by atoms with E-state index < -0.39 is 5.60 Å². The fourth-order valence-corrected chi connectivity index (χ4v) is 2.73. The maximum atomic E-state index is 11.3. The van der Waals surface area contributed by atoms with E-state index in [2.05, 4.69) is 4.98 Å². The minimum absolute atomic E-state index is 0.246. The molecule has 0 amide bonds. The molecule has 1 saturated carbocycles. The fourth-order valence-electron chi connectivity index (χ4n) is 2.73. The van der Waals surface area contributed by atoms with Gasteiger partial charge in [0.1, 0.15) is 11.5 Å². The van der Waals surface area contributed by atoms with Crippen molar-refractivity contribution >= 4 is 5.78 Å². The third-order valence-corrected chi connectivity index (χ3v) is 3.98. The largest absolute Gasteiger partial charge is 0.496 e. The average Bonchev–Trinajstić information content (AvgIpc) is 2.38. The van der Waals surface area contributed by atoms with Crippen LogP contribution >= 0.6 is 0 Å². The molecule has 0 unspecified atom stereocenters. The fraction of sp³-hybridized carbons (Fsp3) is 0.600. The number of carbonyl (C=O) groups excluding carboxylic acids is 1. The average molecular weight is 263 g/mol. The standard InChI is InChI=1S/C15H21NO3/c1-10-9-16-13(11(2)14(10)19-3)8-15(18)6-4-12(17)5-7-15/h9,18H,4-8H2,1-3H3. The summed E-state index contributed by atoms with van der Waals surface area (Å²) in [5.41, 5.74) is 2.04. The lowest BCUT2D eigenvalue weighted by Crippen LogP contribution is -2.37. The molecule has 19 heavy (non-hydrogen) atoms. The number of Topliss-reactive ketones (excluding diaryl/α,β-unsaturated/α-hetero) is 1. The first-order valence-corrected chi connectivity index (χ1v) is 6.68. The smallest absolute Gasteiger partial charge is 0.133 e. The van der Waals surface area contributed by atoms with Gasteiger partial charge in [-0.1, -0.05) is 0 Å². The number of ether oxygens (including phenoxy) is 1. The topological polar surface area (TPSA) is 59.4 Å². The van der Waals surface area contributed by atoms with Crippen LogP contribution in [0, 0.1) is 13.8 Å². The van der Waals surface area contributed by atoms with E-state index in [1.54, 1.807) is 13.3 Å². The summed E-state index contributed by atoms with van der Waals surface area (Å²) in [6.07, 6.45) is 4.27. The van der Waals surface area contributed by atoms with Crippen LogP contribution in [0.2, 0.25) is 0 Å². The van der Waals surface area contributed by atoms with Crippen molar-refractivity contribution in [1.82, 2.24) is 4.98 Å². The third-order valence-electron chi connectivity index (χ3n) is 3.98. The van der Waals surface area contributed by atoms with Crippen molar-refractivity contribution in [1.29, 1.82) is 0 Å². The zero-order chi connectivity index (χ0) is 14.0. The number of aliphatic hydroxyl groups is 1. The maximum absolute atomic E-state index is 11.3. The van der Waals surface area contributed by atoms with Crippen molar-refractivity contribution in [2.24, 2.45) is 0 Å². The van der Waals surface area contributed by atoms with E-state index in [1.165, 1.54) is 0 Å². The molecule has 0 bridgehead atoms. The Balaban J connectivity index is 2.22. The van der Waals surface area contributed by atoms with Crippen LogP contribution in [0.1, 0.15) is 42.5 Å². The molecule has 2 rings (SSSR count). The zero-order valence-electron chi connectivity index (χ0n) is 11.8. The quantitative estimate of drug-likeness (QED) is 0.907. The van der Waals surface area contributed by atoms with Gasteiger partial charge in [-0.3, -0.25) is 9.78 Å². The molecule has 0 aromatic carbocycles. The number of hydrogen-bond acceptors (Lipinski definition) is 4. The highest BCUT2D eigenvalue weighted by Crippen LogP contribution is 2.32. The molecule has 0 radical (unpaired) electrons. The molecule has 1 aromatic heterocycles. The van der Waals surface area contributed by atoms with Crippen molar-refractivity contribution in [2.45, 2.75) is 51.6 Å². The van der Waals surface area contributed by atoms with Gasteiger partial charge in [-0.15, -0.1) is 0 Å². The molecule has 1 N–H and O–H groups in total. The first-order valence-electron chi connectivity index (χ1n) is 6.68. The molecule has 104 valence electrons. The Labute approximate surface area is 113 Å². The minimum atomic E-state index is -0.800. The summed E-state index contributed by atoms with van der Waals surface area (Å²) in [5.74, 6) is 1.08. The SMILES string of the molecule is COc1c(C)cnc(CC2(O)CCC(=O)CC2)c1C. The second kappa shape index (κ2) is 5.29. The van der Waals surface area contributed by atoms with E-state index in [4.69, 9.17) is 4.74 Å². The maximum Gasteiger partial charge on any atom is 0.133 e. The normalized spacial score (nSPS) is 18.4. The highest BCUT2D eigenvalue weighted by molar-refractivity contribution is 5.79. The Kier molecular flexibility index (Phi) is 3.90. The lowest BCUT2D eigenvalue weighted by atomic mass is 9.80. The van der Waals surface area contributed by atoms with Gasteiger partial charge in [0, 0.05) is 42.3 Å². The minimum Gasteiger partial charge on any atom is -0.496 e. The predicted octanol–water partition coefficient (Wildman–Crippen LogP) is 2.12.